The molecule has 0 fully saturated rings. The van der Waals surface area contributed by atoms with Crippen LogP contribution < -0.4 is 4.74 Å². The number of carbonyl (C=O) groups is 1. The minimum absolute atomic E-state index is 0.225. The number of aryl methyl sites for hydroxylation is 1. The highest BCUT2D eigenvalue weighted by molar-refractivity contribution is 6.33. The zero-order valence-electron chi connectivity index (χ0n) is 17.9. The summed E-state index contributed by atoms with van der Waals surface area (Å²) in [5.74, 6) is 0.381. The quantitative estimate of drug-likeness (QED) is 0.381. The molecule has 2 rings (SSSR count). The summed E-state index contributed by atoms with van der Waals surface area (Å²) >= 11 is 11.8. The third kappa shape index (κ3) is 6.98. The van der Waals surface area contributed by atoms with E-state index in [9.17, 15) is 4.79 Å². The number of ether oxygens (including phenoxy) is 2. The van der Waals surface area contributed by atoms with E-state index in [-0.39, 0.29) is 12.4 Å². The largest absolute Gasteiger partial charge is 0.495 e. The smallest absolute Gasteiger partial charge is 0.310 e. The second kappa shape index (κ2) is 12.4. The van der Waals surface area contributed by atoms with Gasteiger partial charge in [-0.3, -0.25) is 4.79 Å². The fourth-order valence-corrected chi connectivity index (χ4v) is 3.21. The van der Waals surface area contributed by atoms with E-state index in [1.807, 2.05) is 74.9 Å². The Balaban J connectivity index is 0.000000396. The topological polar surface area (TPSA) is 40.5 Å². The van der Waals surface area contributed by atoms with E-state index in [2.05, 4.69) is 0 Å². The zero-order valence-corrected chi connectivity index (χ0v) is 19.4. The molecule has 0 bridgehead atoms. The molecule has 0 aliphatic heterocycles. The van der Waals surface area contributed by atoms with Crippen LogP contribution in [0.4, 0.5) is 0 Å². The van der Waals surface area contributed by atoms with Crippen LogP contribution in [0.15, 0.2) is 47.5 Å². The van der Waals surface area contributed by atoms with Gasteiger partial charge in [0.15, 0.2) is 0 Å². The molecular weight excluding hydrogens is 409 g/mol. The average Bonchev–Trinajstić information content (AvgIpc) is 2.91. The number of carbonyl (C=O) groups excluding carboxylic acids is 1. The Labute approximate surface area is 183 Å². The van der Waals surface area contributed by atoms with E-state index >= 15 is 0 Å². The lowest BCUT2D eigenvalue weighted by atomic mass is 10.1. The van der Waals surface area contributed by atoms with E-state index in [1.165, 1.54) is 0 Å². The number of nitrogens with zero attached hydrogens (tertiary/aromatic N) is 1. The molecule has 4 nitrogen and oxygen atoms in total. The van der Waals surface area contributed by atoms with Gasteiger partial charge in [0, 0.05) is 23.2 Å². The first-order chi connectivity index (χ1) is 13.8. The van der Waals surface area contributed by atoms with Crippen molar-refractivity contribution in [2.24, 2.45) is 7.05 Å². The first kappa shape index (κ1) is 24.9. The zero-order chi connectivity index (χ0) is 22.0. The van der Waals surface area contributed by atoms with Crippen LogP contribution in [0.25, 0.3) is 10.9 Å². The minimum Gasteiger partial charge on any atom is -0.495 e. The number of hydrogen-bond donors (Lipinski definition) is 0. The molecule has 0 aliphatic rings. The number of benzene rings is 1. The number of rotatable bonds is 6. The summed E-state index contributed by atoms with van der Waals surface area (Å²) < 4.78 is 12.3. The lowest BCUT2D eigenvalue weighted by molar-refractivity contribution is -0.142. The van der Waals surface area contributed by atoms with Gasteiger partial charge in [0.05, 0.1) is 30.7 Å². The SMILES string of the molecule is CCOC(=O)Cc1c(C)n(C)c2cc(Cl)c(OC)cc12.C\C=C/C(Cl)=C\C=C\C. The maximum Gasteiger partial charge on any atom is 0.310 e. The second-order valence-corrected chi connectivity index (χ2v) is 7.03. The van der Waals surface area contributed by atoms with Crippen molar-refractivity contribution in [3.8, 4) is 5.75 Å². The number of halogens is 2. The molecule has 0 spiro atoms. The van der Waals surface area contributed by atoms with Crippen molar-refractivity contribution in [2.75, 3.05) is 13.7 Å². The normalized spacial score (nSPS) is 11.8. The number of methoxy groups -OCH3 is 1. The average molecular weight is 438 g/mol. The van der Waals surface area contributed by atoms with Gasteiger partial charge in [0.2, 0.25) is 0 Å². The van der Waals surface area contributed by atoms with Gasteiger partial charge in [-0.25, -0.2) is 0 Å². The van der Waals surface area contributed by atoms with Crippen molar-refractivity contribution in [3.63, 3.8) is 0 Å². The van der Waals surface area contributed by atoms with Crippen LogP contribution in [0.2, 0.25) is 5.02 Å². The standard InChI is InChI=1S/C15H18ClNO3.C8H11Cl/c1-5-20-15(18)7-10-9(2)17(3)13-8-12(16)14(19-4)6-11(10)13;1-3-5-7-8(9)6-4-2/h6,8H,5,7H2,1-4H3;3-7H,1-2H3/b;5-3+,6-4-,8-7+. The third-order valence-corrected chi connectivity index (χ3v) is 4.84. The predicted octanol–water partition coefficient (Wildman–Crippen LogP) is 6.52. The first-order valence-corrected chi connectivity index (χ1v) is 10.1. The predicted molar refractivity (Wildman–Crippen MR) is 123 cm³/mol. The Kier molecular flexibility index (Phi) is 10.6. The minimum atomic E-state index is -0.225. The van der Waals surface area contributed by atoms with Gasteiger partial charge in [-0.15, -0.1) is 0 Å². The number of hydrogen-bond acceptors (Lipinski definition) is 3. The summed E-state index contributed by atoms with van der Waals surface area (Å²) in [6, 6.07) is 3.73. The molecule has 0 atom stereocenters. The van der Waals surface area contributed by atoms with Crippen molar-refractivity contribution in [3.05, 3.63) is 63.8 Å². The Hall–Kier alpha value is -2.17. The van der Waals surface area contributed by atoms with Crippen molar-refractivity contribution >= 4 is 40.1 Å². The monoisotopic (exact) mass is 437 g/mol. The molecule has 29 heavy (non-hydrogen) atoms. The summed E-state index contributed by atoms with van der Waals surface area (Å²) in [7, 11) is 3.53. The number of fused-ring (bicyclic) bond motifs is 1. The Morgan fingerprint density at radius 1 is 1.24 bits per heavy atom. The van der Waals surface area contributed by atoms with Gasteiger partial charge < -0.3 is 14.0 Å². The van der Waals surface area contributed by atoms with Crippen LogP contribution in [0.5, 0.6) is 5.75 Å². The van der Waals surface area contributed by atoms with E-state index in [0.717, 1.165) is 27.2 Å². The molecule has 0 amide bonds. The lowest BCUT2D eigenvalue weighted by Crippen LogP contribution is -2.08. The van der Waals surface area contributed by atoms with Crippen LogP contribution in [0.3, 0.4) is 0 Å². The summed E-state index contributed by atoms with van der Waals surface area (Å²) in [4.78, 5) is 11.8. The molecule has 0 radical (unpaired) electrons. The van der Waals surface area contributed by atoms with Crippen molar-refractivity contribution in [1.29, 1.82) is 0 Å². The van der Waals surface area contributed by atoms with Crippen LogP contribution in [-0.4, -0.2) is 24.3 Å². The lowest BCUT2D eigenvalue weighted by Gasteiger charge is -2.05. The molecule has 158 valence electrons. The van der Waals surface area contributed by atoms with Gasteiger partial charge in [-0.1, -0.05) is 41.4 Å². The van der Waals surface area contributed by atoms with Gasteiger partial charge in [-0.2, -0.15) is 0 Å². The summed E-state index contributed by atoms with van der Waals surface area (Å²) in [6.45, 7) is 8.06. The van der Waals surface area contributed by atoms with Crippen LogP contribution in [0, 0.1) is 6.92 Å². The molecule has 0 unspecified atom stereocenters. The highest BCUT2D eigenvalue weighted by Crippen LogP contribution is 2.34. The van der Waals surface area contributed by atoms with Crippen LogP contribution in [0.1, 0.15) is 32.0 Å². The fraction of sp³-hybridized carbons (Fsp3) is 0.348. The number of esters is 1. The second-order valence-electron chi connectivity index (χ2n) is 6.19. The number of allylic oxidation sites excluding steroid dienone is 6. The first-order valence-electron chi connectivity index (χ1n) is 9.38. The molecule has 2 aromatic rings. The fourth-order valence-electron chi connectivity index (χ4n) is 2.78. The van der Waals surface area contributed by atoms with Crippen molar-refractivity contribution < 1.29 is 14.3 Å². The number of aromatic nitrogens is 1. The molecule has 0 aliphatic carbocycles. The molecular formula is C23H29Cl2NO3. The molecule has 0 N–H and O–H groups in total. The van der Waals surface area contributed by atoms with Crippen LogP contribution >= 0.6 is 23.2 Å². The van der Waals surface area contributed by atoms with Crippen molar-refractivity contribution in [2.45, 2.75) is 34.1 Å². The van der Waals surface area contributed by atoms with Crippen LogP contribution in [-0.2, 0) is 23.0 Å². The Bertz CT molecular complexity index is 924. The van der Waals surface area contributed by atoms with Crippen molar-refractivity contribution in [1.82, 2.24) is 4.57 Å². The summed E-state index contributed by atoms with van der Waals surface area (Å²) in [5.41, 5.74) is 2.96. The molecule has 0 saturated heterocycles. The summed E-state index contributed by atoms with van der Waals surface area (Å²) in [5, 5.41) is 2.29. The summed E-state index contributed by atoms with van der Waals surface area (Å²) in [6.07, 6.45) is 9.70. The van der Waals surface area contributed by atoms with E-state index in [4.69, 9.17) is 32.7 Å². The molecule has 1 aromatic heterocycles. The highest BCUT2D eigenvalue weighted by Gasteiger charge is 2.17. The maximum atomic E-state index is 11.8. The third-order valence-electron chi connectivity index (χ3n) is 4.30. The van der Waals surface area contributed by atoms with E-state index in [0.29, 0.717) is 17.4 Å². The van der Waals surface area contributed by atoms with E-state index < -0.39 is 0 Å². The van der Waals surface area contributed by atoms with E-state index in [1.54, 1.807) is 14.0 Å². The maximum absolute atomic E-state index is 11.8. The van der Waals surface area contributed by atoms with Gasteiger partial charge in [-0.05, 0) is 57.5 Å². The van der Waals surface area contributed by atoms with Gasteiger partial charge in [0.1, 0.15) is 5.75 Å². The molecule has 6 heteroatoms. The van der Waals surface area contributed by atoms with Gasteiger partial charge >= 0.3 is 5.97 Å². The Morgan fingerprint density at radius 2 is 1.93 bits per heavy atom. The molecule has 1 heterocycles. The van der Waals surface area contributed by atoms with Gasteiger partial charge in [0.25, 0.3) is 0 Å². The highest BCUT2D eigenvalue weighted by atomic mass is 35.5. The molecule has 1 aromatic carbocycles. The molecule has 0 saturated carbocycles. The Morgan fingerprint density at radius 3 is 2.48 bits per heavy atom.